The molecule has 0 unspecified atom stereocenters. The van der Waals surface area contributed by atoms with Crippen LogP contribution in [0.1, 0.15) is 27.8 Å². The van der Waals surface area contributed by atoms with Gasteiger partial charge in [0.1, 0.15) is 5.75 Å². The van der Waals surface area contributed by atoms with Crippen molar-refractivity contribution in [1.82, 2.24) is 9.97 Å². The van der Waals surface area contributed by atoms with E-state index in [1.54, 1.807) is 12.1 Å². The molecule has 0 saturated carbocycles. The van der Waals surface area contributed by atoms with Gasteiger partial charge in [0.05, 0.1) is 22.4 Å². The first-order chi connectivity index (χ1) is 15.3. The molecule has 0 aliphatic heterocycles. The molecule has 5 rings (SSSR count). The van der Waals surface area contributed by atoms with Crippen LogP contribution in [0.4, 0.5) is 0 Å². The molecule has 0 amide bonds. The van der Waals surface area contributed by atoms with Crippen LogP contribution in [-0.2, 0) is 0 Å². The molecule has 0 aliphatic carbocycles. The molecule has 0 bridgehead atoms. The van der Waals surface area contributed by atoms with Gasteiger partial charge in [0.25, 0.3) is 0 Å². The zero-order valence-electron chi connectivity index (χ0n) is 19.1. The Balaban J connectivity index is 1.78. The normalized spacial score (nSPS) is 11.4. The number of phenolic OH excluding ortho intramolecular Hbond substituents is 1. The average Bonchev–Trinajstić information content (AvgIpc) is 2.72. The van der Waals surface area contributed by atoms with Crippen LogP contribution in [0.3, 0.4) is 0 Å². The highest BCUT2D eigenvalue weighted by molar-refractivity contribution is 6.04. The second kappa shape index (κ2) is 7.45. The zero-order valence-corrected chi connectivity index (χ0v) is 19.1. The number of aryl methyl sites for hydroxylation is 5. The molecule has 32 heavy (non-hydrogen) atoms. The second-order valence-electron chi connectivity index (χ2n) is 8.83. The molecule has 0 fully saturated rings. The molecule has 5 aromatic rings. The molecule has 158 valence electrons. The van der Waals surface area contributed by atoms with E-state index in [2.05, 4.69) is 69.3 Å². The van der Waals surface area contributed by atoms with Crippen LogP contribution in [-0.4, -0.2) is 15.1 Å². The summed E-state index contributed by atoms with van der Waals surface area (Å²) in [6.07, 6.45) is 0. The van der Waals surface area contributed by atoms with E-state index in [1.807, 2.05) is 13.8 Å². The van der Waals surface area contributed by atoms with Gasteiger partial charge < -0.3 is 5.11 Å². The first-order valence-electron chi connectivity index (χ1n) is 10.9. The summed E-state index contributed by atoms with van der Waals surface area (Å²) in [4.78, 5) is 10.2. The third-order valence-electron chi connectivity index (χ3n) is 6.23. The Kier molecular flexibility index (Phi) is 4.70. The maximum atomic E-state index is 9.95. The molecule has 0 aliphatic rings. The Labute approximate surface area is 188 Å². The maximum Gasteiger partial charge on any atom is 0.116 e. The molecule has 0 radical (unpaired) electrons. The summed E-state index contributed by atoms with van der Waals surface area (Å²) in [5, 5.41) is 12.1. The lowest BCUT2D eigenvalue weighted by molar-refractivity contribution is 0.474. The summed E-state index contributed by atoms with van der Waals surface area (Å²) in [5.74, 6) is 0.283. The smallest absolute Gasteiger partial charge is 0.116 e. The minimum atomic E-state index is 0.283. The third-order valence-corrected chi connectivity index (χ3v) is 6.23. The predicted molar refractivity (Wildman–Crippen MR) is 133 cm³/mol. The van der Waals surface area contributed by atoms with Crippen molar-refractivity contribution in [3.8, 4) is 28.3 Å². The van der Waals surface area contributed by atoms with Gasteiger partial charge in [0, 0.05) is 21.9 Å². The number of phenols is 1. The van der Waals surface area contributed by atoms with Gasteiger partial charge in [0.15, 0.2) is 0 Å². The van der Waals surface area contributed by atoms with E-state index in [-0.39, 0.29) is 5.75 Å². The molecule has 3 nitrogen and oxygen atoms in total. The predicted octanol–water partition coefficient (Wildman–Crippen LogP) is 7.36. The lowest BCUT2D eigenvalue weighted by Crippen LogP contribution is -1.95. The quantitative estimate of drug-likeness (QED) is 0.305. The highest BCUT2D eigenvalue weighted by Crippen LogP contribution is 2.34. The molecule has 0 saturated heterocycles. The average molecular weight is 419 g/mol. The van der Waals surface area contributed by atoms with Crippen molar-refractivity contribution in [2.75, 3.05) is 0 Å². The summed E-state index contributed by atoms with van der Waals surface area (Å²) in [5.41, 5.74) is 11.7. The number of pyridine rings is 2. The minimum absolute atomic E-state index is 0.283. The molecule has 2 heterocycles. The van der Waals surface area contributed by atoms with E-state index in [1.165, 1.54) is 22.3 Å². The Morgan fingerprint density at radius 3 is 1.34 bits per heavy atom. The van der Waals surface area contributed by atoms with E-state index in [4.69, 9.17) is 9.97 Å². The first kappa shape index (κ1) is 20.2. The summed E-state index contributed by atoms with van der Waals surface area (Å²) in [6.45, 7) is 10.4. The lowest BCUT2D eigenvalue weighted by Gasteiger charge is -2.13. The number of hydrogen-bond acceptors (Lipinski definition) is 3. The van der Waals surface area contributed by atoms with Crippen LogP contribution in [0.2, 0.25) is 0 Å². The van der Waals surface area contributed by atoms with Gasteiger partial charge in [-0.3, -0.25) is 0 Å². The first-order valence-corrected chi connectivity index (χ1v) is 10.9. The fourth-order valence-corrected chi connectivity index (χ4v) is 4.97. The van der Waals surface area contributed by atoms with E-state index in [0.29, 0.717) is 0 Å². The molecular weight excluding hydrogens is 392 g/mol. The van der Waals surface area contributed by atoms with Crippen LogP contribution in [0, 0.1) is 34.6 Å². The fraction of sp³-hybridized carbons (Fsp3) is 0.172. The van der Waals surface area contributed by atoms with E-state index in [0.717, 1.165) is 49.9 Å². The molecule has 0 spiro atoms. The Morgan fingerprint density at radius 2 is 0.906 bits per heavy atom. The molecule has 0 atom stereocenters. The van der Waals surface area contributed by atoms with Gasteiger partial charge in [0.2, 0.25) is 0 Å². The standard InChI is InChI=1S/C29H26N2O/c1-16-12-17(2)26(18(3)13-16)24-10-8-21-6-7-22-9-11-25(31-29(22)28(21)30-24)27-19(4)14-23(32)15-20(27)5/h6-15,32H,1-5H3. The number of aromatic hydroxyl groups is 1. The minimum Gasteiger partial charge on any atom is -0.508 e. The Bertz CT molecular complexity index is 1370. The topological polar surface area (TPSA) is 46.0 Å². The van der Waals surface area contributed by atoms with Crippen molar-refractivity contribution in [1.29, 1.82) is 0 Å². The van der Waals surface area contributed by atoms with Crippen molar-refractivity contribution in [3.05, 3.63) is 88.5 Å². The van der Waals surface area contributed by atoms with Crippen LogP contribution in [0.25, 0.3) is 44.3 Å². The van der Waals surface area contributed by atoms with Crippen molar-refractivity contribution >= 4 is 21.8 Å². The number of hydrogen-bond donors (Lipinski definition) is 1. The van der Waals surface area contributed by atoms with E-state index in [9.17, 15) is 5.11 Å². The Hall–Kier alpha value is -3.72. The van der Waals surface area contributed by atoms with Gasteiger partial charge in [-0.1, -0.05) is 42.0 Å². The lowest BCUT2D eigenvalue weighted by atomic mass is 9.96. The van der Waals surface area contributed by atoms with Gasteiger partial charge in [-0.05, 0) is 81.1 Å². The summed E-state index contributed by atoms with van der Waals surface area (Å²) in [7, 11) is 0. The van der Waals surface area contributed by atoms with E-state index >= 15 is 0 Å². The molecule has 3 heteroatoms. The van der Waals surface area contributed by atoms with Gasteiger partial charge >= 0.3 is 0 Å². The van der Waals surface area contributed by atoms with Gasteiger partial charge in [-0.2, -0.15) is 0 Å². The zero-order chi connectivity index (χ0) is 22.6. The fourth-order valence-electron chi connectivity index (χ4n) is 4.97. The molecule has 2 aromatic heterocycles. The molecular formula is C29H26N2O. The third kappa shape index (κ3) is 3.31. The van der Waals surface area contributed by atoms with Crippen LogP contribution < -0.4 is 0 Å². The number of rotatable bonds is 2. The van der Waals surface area contributed by atoms with Crippen molar-refractivity contribution in [2.45, 2.75) is 34.6 Å². The number of aromatic nitrogens is 2. The van der Waals surface area contributed by atoms with Crippen LogP contribution in [0.15, 0.2) is 60.7 Å². The van der Waals surface area contributed by atoms with Crippen LogP contribution in [0.5, 0.6) is 5.75 Å². The van der Waals surface area contributed by atoms with Gasteiger partial charge in [-0.15, -0.1) is 0 Å². The van der Waals surface area contributed by atoms with Crippen molar-refractivity contribution in [2.24, 2.45) is 0 Å². The number of fused-ring (bicyclic) bond motifs is 3. The van der Waals surface area contributed by atoms with Gasteiger partial charge in [-0.25, -0.2) is 9.97 Å². The van der Waals surface area contributed by atoms with E-state index < -0.39 is 0 Å². The van der Waals surface area contributed by atoms with Crippen LogP contribution >= 0.6 is 0 Å². The second-order valence-corrected chi connectivity index (χ2v) is 8.83. The molecule has 3 aromatic carbocycles. The van der Waals surface area contributed by atoms with Crippen molar-refractivity contribution < 1.29 is 5.11 Å². The monoisotopic (exact) mass is 418 g/mol. The summed E-state index contributed by atoms with van der Waals surface area (Å²) in [6, 6.07) is 20.6. The SMILES string of the molecule is Cc1cc(C)c(-c2ccc3ccc4ccc(-c5c(C)cc(O)cc5C)nc4c3n2)c(C)c1. The number of benzene rings is 3. The highest BCUT2D eigenvalue weighted by Gasteiger charge is 2.14. The summed E-state index contributed by atoms with van der Waals surface area (Å²) < 4.78 is 0. The number of nitrogens with zero attached hydrogens (tertiary/aromatic N) is 2. The maximum absolute atomic E-state index is 9.95. The van der Waals surface area contributed by atoms with Crippen molar-refractivity contribution in [3.63, 3.8) is 0 Å². The summed E-state index contributed by atoms with van der Waals surface area (Å²) >= 11 is 0. The largest absolute Gasteiger partial charge is 0.508 e. The highest BCUT2D eigenvalue weighted by atomic mass is 16.3. The Morgan fingerprint density at radius 1 is 0.531 bits per heavy atom. The molecule has 1 N–H and O–H groups in total.